The Kier molecular flexibility index (Phi) is 11.4. The fourth-order valence-corrected chi connectivity index (χ4v) is 6.15. The second kappa shape index (κ2) is 16.3. The number of hydrogen-bond donors (Lipinski definition) is 0. The molecule has 2 fully saturated rings. The molecule has 4 aromatic carbocycles. The molecule has 2 aliphatic rings. The fraction of sp³-hybridized carbons (Fsp3) is 0.368. The van der Waals surface area contributed by atoms with Crippen LogP contribution < -0.4 is 4.90 Å². The second-order valence-corrected chi connectivity index (χ2v) is 11.9. The van der Waals surface area contributed by atoms with Crippen LogP contribution in [0.1, 0.15) is 22.3 Å². The van der Waals surface area contributed by atoms with E-state index >= 15 is 8.78 Å². The number of piperidine rings is 1. The highest BCUT2D eigenvalue weighted by molar-refractivity contribution is 5.49. The molecule has 2 heterocycles. The Labute approximate surface area is 270 Å². The molecule has 0 N–H and O–H groups in total. The topological polar surface area (TPSA) is 43.4 Å². The molecule has 0 aliphatic carbocycles. The van der Waals surface area contributed by atoms with Gasteiger partial charge in [0.05, 0.1) is 45.2 Å². The van der Waals surface area contributed by atoms with Crippen LogP contribution in [-0.2, 0) is 45.2 Å². The average molecular weight is 629 g/mol. The minimum absolute atomic E-state index is 0.1000. The number of benzene rings is 4. The molecule has 4 aromatic rings. The summed E-state index contributed by atoms with van der Waals surface area (Å²) >= 11 is 0. The Morgan fingerprint density at radius 1 is 0.630 bits per heavy atom. The maximum Gasteiger partial charge on any atom is 0.131 e. The third-order valence-corrected chi connectivity index (χ3v) is 8.69. The number of morpholine rings is 1. The van der Waals surface area contributed by atoms with Crippen LogP contribution in [0.15, 0.2) is 103 Å². The lowest BCUT2D eigenvalue weighted by atomic mass is 9.99. The molecule has 0 amide bonds. The van der Waals surface area contributed by atoms with E-state index in [4.69, 9.17) is 18.9 Å². The Bertz CT molecular complexity index is 1410. The summed E-state index contributed by atoms with van der Waals surface area (Å²) in [4.78, 5) is 4.14. The SMILES string of the molecule is Fc1cc(N2CCOCC2)cc(F)c1CCN1CC(OCc2ccccc2)C(OCc2ccccc2)C(OCc2ccccc2)C1. The Hall–Kier alpha value is -3.66. The van der Waals surface area contributed by atoms with Crippen molar-refractivity contribution in [2.75, 3.05) is 50.8 Å². The maximum atomic E-state index is 15.3. The van der Waals surface area contributed by atoms with Gasteiger partial charge in [0, 0.05) is 44.0 Å². The van der Waals surface area contributed by atoms with Gasteiger partial charge in [0.25, 0.3) is 0 Å². The van der Waals surface area contributed by atoms with Gasteiger partial charge in [-0.3, -0.25) is 4.90 Å². The van der Waals surface area contributed by atoms with Crippen LogP contribution in [0.2, 0.25) is 0 Å². The first-order valence-electron chi connectivity index (χ1n) is 16.1. The van der Waals surface area contributed by atoms with Crippen LogP contribution in [0.4, 0.5) is 14.5 Å². The summed E-state index contributed by atoms with van der Waals surface area (Å²) < 4.78 is 55.7. The molecule has 46 heavy (non-hydrogen) atoms. The second-order valence-electron chi connectivity index (χ2n) is 11.9. The predicted octanol–water partition coefficient (Wildman–Crippen LogP) is 6.42. The summed E-state index contributed by atoms with van der Waals surface area (Å²) in [5, 5.41) is 0. The van der Waals surface area contributed by atoms with Crippen LogP contribution in [0.25, 0.3) is 0 Å². The van der Waals surface area contributed by atoms with Gasteiger partial charge >= 0.3 is 0 Å². The van der Waals surface area contributed by atoms with Crippen LogP contribution in [0.3, 0.4) is 0 Å². The van der Waals surface area contributed by atoms with E-state index in [1.807, 2.05) is 95.9 Å². The third kappa shape index (κ3) is 8.78. The number of hydrogen-bond acceptors (Lipinski definition) is 6. The molecule has 6 rings (SSSR count). The molecule has 0 bridgehead atoms. The van der Waals surface area contributed by atoms with Gasteiger partial charge in [-0.2, -0.15) is 0 Å². The van der Waals surface area contributed by atoms with Gasteiger partial charge in [-0.05, 0) is 35.2 Å². The van der Waals surface area contributed by atoms with Gasteiger partial charge in [0.2, 0.25) is 0 Å². The zero-order valence-electron chi connectivity index (χ0n) is 26.1. The molecule has 2 aliphatic heterocycles. The number of anilines is 1. The van der Waals surface area contributed by atoms with E-state index < -0.39 is 11.6 Å². The molecule has 242 valence electrons. The molecule has 2 atom stereocenters. The Morgan fingerprint density at radius 2 is 1.09 bits per heavy atom. The number of nitrogens with zero attached hydrogens (tertiary/aromatic N) is 2. The van der Waals surface area contributed by atoms with Gasteiger partial charge in [0.1, 0.15) is 17.7 Å². The zero-order valence-corrected chi connectivity index (χ0v) is 26.1. The predicted molar refractivity (Wildman–Crippen MR) is 175 cm³/mol. The van der Waals surface area contributed by atoms with Gasteiger partial charge in [0.15, 0.2) is 0 Å². The largest absolute Gasteiger partial charge is 0.378 e. The summed E-state index contributed by atoms with van der Waals surface area (Å²) in [5.74, 6) is -1.03. The highest BCUT2D eigenvalue weighted by Crippen LogP contribution is 2.27. The summed E-state index contributed by atoms with van der Waals surface area (Å²) in [7, 11) is 0. The van der Waals surface area contributed by atoms with Crippen molar-refractivity contribution in [1.82, 2.24) is 4.90 Å². The molecule has 6 nitrogen and oxygen atoms in total. The molecular weight excluding hydrogens is 586 g/mol. The molecular formula is C38H42F2N2O4. The van der Waals surface area contributed by atoms with Crippen LogP contribution in [-0.4, -0.2) is 69.1 Å². The van der Waals surface area contributed by atoms with Crippen molar-refractivity contribution < 1.29 is 27.7 Å². The number of ether oxygens (including phenoxy) is 4. The lowest BCUT2D eigenvalue weighted by molar-refractivity contribution is -0.184. The number of likely N-dealkylation sites (tertiary alicyclic amines) is 1. The van der Waals surface area contributed by atoms with Crippen molar-refractivity contribution in [1.29, 1.82) is 0 Å². The Balaban J connectivity index is 1.19. The quantitative estimate of drug-likeness (QED) is 0.170. The molecule has 0 radical (unpaired) electrons. The van der Waals surface area contributed by atoms with E-state index in [9.17, 15) is 0 Å². The minimum atomic E-state index is -0.517. The Morgan fingerprint density at radius 3 is 1.57 bits per heavy atom. The average Bonchev–Trinajstić information content (AvgIpc) is 3.10. The first kappa shape index (κ1) is 32.3. The molecule has 0 spiro atoms. The van der Waals surface area contributed by atoms with Gasteiger partial charge in [-0.25, -0.2) is 8.78 Å². The van der Waals surface area contributed by atoms with E-state index in [1.54, 1.807) is 0 Å². The monoisotopic (exact) mass is 628 g/mol. The normalized spacial score (nSPS) is 20.6. The molecule has 2 saturated heterocycles. The standard InChI is InChI=1S/C38H42F2N2O4/c39-34-22-32(42-18-20-43-21-19-42)23-35(40)33(34)16-17-41-24-36(44-26-29-10-4-1-5-11-29)38(46-28-31-14-8-3-9-15-31)37(25-41)45-27-30-12-6-2-7-13-30/h1-15,22-23,36-38H,16-21,24-28H2. The van der Waals surface area contributed by atoms with Gasteiger partial charge < -0.3 is 23.8 Å². The summed E-state index contributed by atoms with van der Waals surface area (Å²) in [6.07, 6.45) is -0.758. The van der Waals surface area contributed by atoms with E-state index in [2.05, 4.69) is 4.90 Å². The molecule has 0 saturated carbocycles. The first-order valence-corrected chi connectivity index (χ1v) is 16.1. The smallest absolute Gasteiger partial charge is 0.131 e. The number of halogens is 2. The zero-order chi connectivity index (χ0) is 31.6. The van der Waals surface area contributed by atoms with Crippen molar-refractivity contribution in [3.05, 3.63) is 137 Å². The van der Waals surface area contributed by atoms with Crippen molar-refractivity contribution in [3.8, 4) is 0 Å². The lowest BCUT2D eigenvalue weighted by Gasteiger charge is -2.43. The van der Waals surface area contributed by atoms with Crippen LogP contribution in [0, 0.1) is 11.6 Å². The van der Waals surface area contributed by atoms with E-state index in [-0.39, 0.29) is 30.3 Å². The number of rotatable bonds is 13. The first-order chi connectivity index (χ1) is 22.6. The van der Waals surface area contributed by atoms with Crippen LogP contribution >= 0.6 is 0 Å². The van der Waals surface area contributed by atoms with E-state index in [1.165, 1.54) is 12.1 Å². The van der Waals surface area contributed by atoms with Crippen molar-refractivity contribution in [2.45, 2.75) is 44.6 Å². The molecule has 0 aromatic heterocycles. The summed E-state index contributed by atoms with van der Waals surface area (Å²) in [6.45, 7) is 5.15. The maximum absolute atomic E-state index is 15.3. The highest BCUT2D eigenvalue weighted by Gasteiger charge is 2.39. The van der Waals surface area contributed by atoms with Gasteiger partial charge in [-0.1, -0.05) is 91.0 Å². The summed E-state index contributed by atoms with van der Waals surface area (Å²) in [5.41, 5.74) is 3.85. The van der Waals surface area contributed by atoms with E-state index in [0.717, 1.165) is 16.7 Å². The summed E-state index contributed by atoms with van der Waals surface area (Å²) in [6, 6.07) is 33.1. The minimum Gasteiger partial charge on any atom is -0.378 e. The van der Waals surface area contributed by atoms with Crippen molar-refractivity contribution >= 4 is 5.69 Å². The van der Waals surface area contributed by atoms with E-state index in [0.29, 0.717) is 71.4 Å². The molecule has 8 heteroatoms. The fourth-order valence-electron chi connectivity index (χ4n) is 6.15. The molecule has 2 unspecified atom stereocenters. The third-order valence-electron chi connectivity index (χ3n) is 8.69. The highest BCUT2D eigenvalue weighted by atomic mass is 19.1. The van der Waals surface area contributed by atoms with Gasteiger partial charge in [-0.15, -0.1) is 0 Å². The van der Waals surface area contributed by atoms with Crippen molar-refractivity contribution in [3.63, 3.8) is 0 Å². The lowest BCUT2D eigenvalue weighted by Crippen LogP contribution is -2.58. The van der Waals surface area contributed by atoms with Crippen LogP contribution in [0.5, 0.6) is 0 Å². The van der Waals surface area contributed by atoms with Crippen molar-refractivity contribution in [2.24, 2.45) is 0 Å².